The predicted octanol–water partition coefficient (Wildman–Crippen LogP) is 3.54. The summed E-state index contributed by atoms with van der Waals surface area (Å²) in [6.45, 7) is 1.81. The van der Waals surface area contributed by atoms with Gasteiger partial charge in [0.15, 0.2) is 0 Å². The van der Waals surface area contributed by atoms with Gasteiger partial charge in [0.25, 0.3) is 0 Å². The molecule has 0 aromatic heterocycles. The number of carbonyl (C=O) groups excluding carboxylic acids is 1. The van der Waals surface area contributed by atoms with Crippen LogP contribution < -0.4 is 10.6 Å². The first-order valence-electron chi connectivity index (χ1n) is 6.93. The zero-order valence-corrected chi connectivity index (χ0v) is 12.7. The van der Waals surface area contributed by atoms with Crippen molar-refractivity contribution in [2.24, 2.45) is 5.92 Å². The zero-order chi connectivity index (χ0) is 13.9. The number of hydrogen-bond acceptors (Lipinski definition) is 2. The molecule has 104 valence electrons. The second-order valence-electron chi connectivity index (χ2n) is 5.24. The summed E-state index contributed by atoms with van der Waals surface area (Å²) < 4.78 is 1.06. The molecule has 0 aliphatic carbocycles. The summed E-state index contributed by atoms with van der Waals surface area (Å²) in [5.41, 5.74) is 0.871. The summed E-state index contributed by atoms with van der Waals surface area (Å²) in [6.07, 6.45) is 2.04. The van der Waals surface area contributed by atoms with Gasteiger partial charge in [-0.25, -0.2) is 0 Å². The van der Waals surface area contributed by atoms with E-state index in [2.05, 4.69) is 38.7 Å². The fraction of sp³-hybridized carbons (Fsp3) is 0.312. The Balaban J connectivity index is 1.76. The van der Waals surface area contributed by atoms with Crippen LogP contribution in [0.5, 0.6) is 0 Å². The summed E-state index contributed by atoms with van der Waals surface area (Å²) in [7, 11) is 0. The Hall–Kier alpha value is -1.39. The lowest BCUT2D eigenvalue weighted by Gasteiger charge is -2.22. The van der Waals surface area contributed by atoms with Crippen molar-refractivity contribution in [2.75, 3.05) is 18.4 Å². The normalized spacial score (nSPS) is 18.9. The van der Waals surface area contributed by atoms with Gasteiger partial charge in [0.2, 0.25) is 5.91 Å². The molecule has 1 aliphatic heterocycles. The number of benzene rings is 2. The first-order valence-corrected chi connectivity index (χ1v) is 7.72. The Labute approximate surface area is 126 Å². The Morgan fingerprint density at radius 2 is 2.00 bits per heavy atom. The number of hydrogen-bond donors (Lipinski definition) is 2. The lowest BCUT2D eigenvalue weighted by molar-refractivity contribution is -0.120. The van der Waals surface area contributed by atoms with Gasteiger partial charge in [0, 0.05) is 16.7 Å². The first kappa shape index (κ1) is 13.6. The van der Waals surface area contributed by atoms with Crippen LogP contribution in [0.3, 0.4) is 0 Å². The molecule has 20 heavy (non-hydrogen) atoms. The molecular weight excluding hydrogens is 316 g/mol. The smallest absolute Gasteiger partial charge is 0.228 e. The van der Waals surface area contributed by atoms with Gasteiger partial charge in [-0.05, 0) is 54.4 Å². The maximum atomic E-state index is 12.2. The van der Waals surface area contributed by atoms with E-state index < -0.39 is 0 Å². The molecular formula is C16H17BrN2O. The van der Waals surface area contributed by atoms with E-state index in [0.717, 1.165) is 46.9 Å². The molecule has 1 heterocycles. The minimum Gasteiger partial charge on any atom is -0.326 e. The van der Waals surface area contributed by atoms with Gasteiger partial charge in [-0.1, -0.05) is 28.1 Å². The first-order chi connectivity index (χ1) is 9.72. The molecule has 0 radical (unpaired) electrons. The summed E-state index contributed by atoms with van der Waals surface area (Å²) in [4.78, 5) is 12.2. The highest BCUT2D eigenvalue weighted by Crippen LogP contribution is 2.23. The number of nitrogens with one attached hydrogen (secondary N) is 2. The quantitative estimate of drug-likeness (QED) is 0.883. The van der Waals surface area contributed by atoms with Crippen LogP contribution in [0.15, 0.2) is 40.9 Å². The summed E-state index contributed by atoms with van der Waals surface area (Å²) >= 11 is 3.47. The highest BCUT2D eigenvalue weighted by atomic mass is 79.9. The van der Waals surface area contributed by atoms with Crippen LogP contribution in [0.25, 0.3) is 10.8 Å². The van der Waals surface area contributed by atoms with Gasteiger partial charge in [0.1, 0.15) is 0 Å². The Bertz CT molecular complexity index is 635. The van der Waals surface area contributed by atoms with Gasteiger partial charge >= 0.3 is 0 Å². The largest absolute Gasteiger partial charge is 0.326 e. The van der Waals surface area contributed by atoms with E-state index in [4.69, 9.17) is 0 Å². The fourth-order valence-electron chi connectivity index (χ4n) is 2.61. The van der Waals surface area contributed by atoms with Crippen molar-refractivity contribution in [2.45, 2.75) is 12.8 Å². The average molecular weight is 333 g/mol. The van der Waals surface area contributed by atoms with Crippen LogP contribution in [-0.4, -0.2) is 19.0 Å². The third-order valence-electron chi connectivity index (χ3n) is 3.74. The topological polar surface area (TPSA) is 41.1 Å². The SMILES string of the molecule is O=C(Nc1ccc2cc(Br)ccc2c1)[C@@H]1CCCNC1. The Morgan fingerprint density at radius 3 is 2.80 bits per heavy atom. The van der Waals surface area contributed by atoms with Gasteiger partial charge in [0.05, 0.1) is 5.92 Å². The molecule has 3 nitrogen and oxygen atoms in total. The van der Waals surface area contributed by atoms with E-state index in [-0.39, 0.29) is 11.8 Å². The lowest BCUT2D eigenvalue weighted by atomic mass is 9.98. The summed E-state index contributed by atoms with van der Waals surface area (Å²) in [6, 6.07) is 12.2. The summed E-state index contributed by atoms with van der Waals surface area (Å²) in [5, 5.41) is 8.59. The van der Waals surface area contributed by atoms with E-state index >= 15 is 0 Å². The monoisotopic (exact) mass is 332 g/mol. The van der Waals surface area contributed by atoms with Crippen LogP contribution >= 0.6 is 15.9 Å². The molecule has 0 spiro atoms. The molecule has 2 aromatic rings. The molecule has 0 saturated carbocycles. The van der Waals surface area contributed by atoms with Crippen molar-refractivity contribution < 1.29 is 4.79 Å². The van der Waals surface area contributed by atoms with Crippen LogP contribution in [0.2, 0.25) is 0 Å². The molecule has 1 atom stereocenters. The van der Waals surface area contributed by atoms with Crippen molar-refractivity contribution >= 4 is 38.3 Å². The number of rotatable bonds is 2. The molecule has 4 heteroatoms. The minimum absolute atomic E-state index is 0.0874. The van der Waals surface area contributed by atoms with E-state index in [1.54, 1.807) is 0 Å². The second kappa shape index (κ2) is 5.94. The number of anilines is 1. The molecule has 1 aliphatic rings. The predicted molar refractivity (Wildman–Crippen MR) is 85.9 cm³/mol. The van der Waals surface area contributed by atoms with Crippen molar-refractivity contribution in [1.29, 1.82) is 0 Å². The molecule has 1 fully saturated rings. The number of carbonyl (C=O) groups is 1. The maximum Gasteiger partial charge on any atom is 0.228 e. The minimum atomic E-state index is 0.0874. The maximum absolute atomic E-state index is 12.2. The van der Waals surface area contributed by atoms with E-state index in [9.17, 15) is 4.79 Å². The highest BCUT2D eigenvalue weighted by molar-refractivity contribution is 9.10. The molecule has 1 amide bonds. The Morgan fingerprint density at radius 1 is 1.20 bits per heavy atom. The summed E-state index contributed by atoms with van der Waals surface area (Å²) in [5.74, 6) is 0.207. The fourth-order valence-corrected chi connectivity index (χ4v) is 2.99. The third kappa shape index (κ3) is 3.02. The van der Waals surface area contributed by atoms with Gasteiger partial charge < -0.3 is 10.6 Å². The van der Waals surface area contributed by atoms with Crippen molar-refractivity contribution in [1.82, 2.24) is 5.32 Å². The van der Waals surface area contributed by atoms with Crippen LogP contribution in [0.4, 0.5) is 5.69 Å². The van der Waals surface area contributed by atoms with E-state index in [1.807, 2.05) is 24.3 Å². The zero-order valence-electron chi connectivity index (χ0n) is 11.2. The van der Waals surface area contributed by atoms with Gasteiger partial charge in [-0.3, -0.25) is 4.79 Å². The second-order valence-corrected chi connectivity index (χ2v) is 6.15. The van der Waals surface area contributed by atoms with Crippen LogP contribution in [0.1, 0.15) is 12.8 Å². The third-order valence-corrected chi connectivity index (χ3v) is 4.23. The highest BCUT2D eigenvalue weighted by Gasteiger charge is 2.20. The molecule has 2 N–H and O–H groups in total. The van der Waals surface area contributed by atoms with Gasteiger partial charge in [-0.15, -0.1) is 0 Å². The number of amides is 1. The molecule has 2 aromatic carbocycles. The van der Waals surface area contributed by atoms with E-state index in [1.165, 1.54) is 0 Å². The lowest BCUT2D eigenvalue weighted by Crippen LogP contribution is -2.37. The van der Waals surface area contributed by atoms with Crippen molar-refractivity contribution in [3.8, 4) is 0 Å². The standard InChI is InChI=1S/C16H17BrN2O/c17-14-5-3-12-9-15(6-4-11(12)8-14)19-16(20)13-2-1-7-18-10-13/h3-6,8-9,13,18H,1-2,7,10H2,(H,19,20)/t13-/m1/s1. The molecule has 1 saturated heterocycles. The van der Waals surface area contributed by atoms with Crippen LogP contribution in [-0.2, 0) is 4.79 Å². The average Bonchev–Trinajstić information content (AvgIpc) is 2.48. The molecule has 0 unspecified atom stereocenters. The number of halogens is 1. The molecule has 0 bridgehead atoms. The van der Waals surface area contributed by atoms with Crippen LogP contribution in [0, 0.1) is 5.92 Å². The van der Waals surface area contributed by atoms with Crippen molar-refractivity contribution in [3.63, 3.8) is 0 Å². The van der Waals surface area contributed by atoms with Crippen molar-refractivity contribution in [3.05, 3.63) is 40.9 Å². The number of piperidine rings is 1. The Kier molecular flexibility index (Phi) is 4.03. The van der Waals surface area contributed by atoms with E-state index in [0.29, 0.717) is 0 Å². The van der Waals surface area contributed by atoms with Gasteiger partial charge in [-0.2, -0.15) is 0 Å². The number of fused-ring (bicyclic) bond motifs is 1. The molecule has 3 rings (SSSR count).